The number of piperazine rings is 1. The van der Waals surface area contributed by atoms with E-state index in [1.165, 1.54) is 22.9 Å². The molecule has 0 unspecified atom stereocenters. The number of non-ortho nitro benzene ring substituents is 1. The van der Waals surface area contributed by atoms with Crippen LogP contribution in [0, 0.1) is 10.1 Å². The molecule has 1 amide bonds. The lowest BCUT2D eigenvalue weighted by Crippen LogP contribution is -2.49. The zero-order valence-corrected chi connectivity index (χ0v) is 16.7. The van der Waals surface area contributed by atoms with E-state index in [-0.39, 0.29) is 11.6 Å². The largest absolute Gasteiger partial charge is 0.368 e. The molecule has 29 heavy (non-hydrogen) atoms. The first-order chi connectivity index (χ1) is 14.1. The Hall–Kier alpha value is -3.06. The van der Waals surface area contributed by atoms with Crippen molar-refractivity contribution in [3.8, 4) is 0 Å². The van der Waals surface area contributed by atoms with Crippen LogP contribution in [0.25, 0.3) is 10.8 Å². The molecule has 1 aliphatic rings. The molecule has 0 spiro atoms. The van der Waals surface area contributed by atoms with Gasteiger partial charge in [-0.15, -0.1) is 11.8 Å². The van der Waals surface area contributed by atoms with Gasteiger partial charge in [-0.05, 0) is 35.0 Å². The van der Waals surface area contributed by atoms with E-state index in [0.717, 1.165) is 23.7 Å². The number of fused-ring (bicyclic) bond motifs is 1. The monoisotopic (exact) mass is 407 g/mol. The van der Waals surface area contributed by atoms with Crippen molar-refractivity contribution in [2.45, 2.75) is 4.90 Å². The van der Waals surface area contributed by atoms with Crippen LogP contribution in [0.15, 0.2) is 71.6 Å². The minimum atomic E-state index is -0.395. The Kier molecular flexibility index (Phi) is 5.67. The molecule has 0 radical (unpaired) electrons. The number of nitrogens with zero attached hydrogens (tertiary/aromatic N) is 3. The van der Waals surface area contributed by atoms with Gasteiger partial charge in [0.25, 0.3) is 5.69 Å². The summed E-state index contributed by atoms with van der Waals surface area (Å²) in [5.74, 6) is 0.571. The van der Waals surface area contributed by atoms with Gasteiger partial charge in [-0.1, -0.05) is 30.3 Å². The van der Waals surface area contributed by atoms with Crippen molar-refractivity contribution >= 4 is 39.8 Å². The van der Waals surface area contributed by atoms with Crippen LogP contribution in [-0.4, -0.2) is 47.7 Å². The van der Waals surface area contributed by atoms with Crippen LogP contribution in [0.4, 0.5) is 11.4 Å². The van der Waals surface area contributed by atoms with Crippen LogP contribution in [0.5, 0.6) is 0 Å². The summed E-state index contributed by atoms with van der Waals surface area (Å²) in [4.78, 5) is 28.1. The summed E-state index contributed by atoms with van der Waals surface area (Å²) in [5.41, 5.74) is 1.04. The lowest BCUT2D eigenvalue weighted by Gasteiger charge is -2.36. The Morgan fingerprint density at radius 1 is 0.931 bits per heavy atom. The average molecular weight is 407 g/mol. The van der Waals surface area contributed by atoms with E-state index >= 15 is 0 Å². The van der Waals surface area contributed by atoms with Gasteiger partial charge in [0.1, 0.15) is 0 Å². The van der Waals surface area contributed by atoms with Gasteiger partial charge in [-0.25, -0.2) is 0 Å². The number of nitro groups is 1. The third-order valence-electron chi connectivity index (χ3n) is 5.14. The molecule has 1 fully saturated rings. The first-order valence-corrected chi connectivity index (χ1v) is 10.5. The van der Waals surface area contributed by atoms with E-state index in [0.29, 0.717) is 18.8 Å². The summed E-state index contributed by atoms with van der Waals surface area (Å²) in [5, 5.41) is 13.2. The Bertz CT molecular complexity index is 1030. The fourth-order valence-electron chi connectivity index (χ4n) is 3.49. The molecule has 3 aromatic rings. The molecule has 0 aromatic heterocycles. The summed E-state index contributed by atoms with van der Waals surface area (Å²) in [7, 11) is 0. The molecule has 0 atom stereocenters. The quantitative estimate of drug-likeness (QED) is 0.360. The molecule has 6 nitrogen and oxygen atoms in total. The van der Waals surface area contributed by atoms with Crippen molar-refractivity contribution in [3.05, 3.63) is 76.8 Å². The molecule has 4 rings (SSSR count). The van der Waals surface area contributed by atoms with Gasteiger partial charge in [0.2, 0.25) is 5.91 Å². The van der Waals surface area contributed by atoms with E-state index in [1.807, 2.05) is 17.0 Å². The highest BCUT2D eigenvalue weighted by Crippen LogP contribution is 2.25. The first-order valence-electron chi connectivity index (χ1n) is 9.49. The fourth-order valence-corrected chi connectivity index (χ4v) is 4.34. The number of thioether (sulfide) groups is 1. The van der Waals surface area contributed by atoms with E-state index in [1.54, 1.807) is 23.9 Å². The number of anilines is 1. The third kappa shape index (κ3) is 4.51. The summed E-state index contributed by atoms with van der Waals surface area (Å²) in [6, 6.07) is 21.1. The number of nitro benzene ring substituents is 1. The molecular formula is C22H21N3O3S. The van der Waals surface area contributed by atoms with Crippen LogP contribution < -0.4 is 4.90 Å². The normalized spacial score (nSPS) is 14.2. The predicted molar refractivity (Wildman–Crippen MR) is 117 cm³/mol. The van der Waals surface area contributed by atoms with Crippen LogP contribution in [0.1, 0.15) is 0 Å². The molecule has 0 saturated carbocycles. The highest BCUT2D eigenvalue weighted by molar-refractivity contribution is 8.00. The number of benzene rings is 3. The van der Waals surface area contributed by atoms with Crippen LogP contribution in [0.2, 0.25) is 0 Å². The summed E-state index contributed by atoms with van der Waals surface area (Å²) < 4.78 is 0. The minimum absolute atomic E-state index is 0.0910. The van der Waals surface area contributed by atoms with Gasteiger partial charge in [-0.3, -0.25) is 14.9 Å². The second kappa shape index (κ2) is 8.53. The van der Waals surface area contributed by atoms with Crippen molar-refractivity contribution in [2.75, 3.05) is 36.8 Å². The van der Waals surface area contributed by atoms with Gasteiger partial charge in [0.15, 0.2) is 0 Å². The number of hydrogen-bond acceptors (Lipinski definition) is 5. The van der Waals surface area contributed by atoms with Crippen LogP contribution in [0.3, 0.4) is 0 Å². The molecule has 3 aromatic carbocycles. The van der Waals surface area contributed by atoms with Crippen molar-refractivity contribution in [2.24, 2.45) is 0 Å². The van der Waals surface area contributed by atoms with Gasteiger partial charge < -0.3 is 9.80 Å². The standard InChI is InChI=1S/C22H21N3O3S/c26-22(16-29-21-10-5-17-3-1-2-4-18(17)15-21)24-13-11-23(12-14-24)19-6-8-20(9-7-19)25(27)28/h1-10,15H,11-14,16H2. The first kappa shape index (κ1) is 19.3. The molecule has 0 bridgehead atoms. The van der Waals surface area contributed by atoms with E-state index < -0.39 is 4.92 Å². The van der Waals surface area contributed by atoms with Gasteiger partial charge >= 0.3 is 0 Å². The zero-order chi connectivity index (χ0) is 20.2. The van der Waals surface area contributed by atoms with E-state index in [4.69, 9.17) is 0 Å². The molecule has 1 heterocycles. The Morgan fingerprint density at radius 2 is 1.62 bits per heavy atom. The molecule has 148 valence electrons. The third-order valence-corrected chi connectivity index (χ3v) is 6.12. The Balaban J connectivity index is 1.29. The summed E-state index contributed by atoms with van der Waals surface area (Å²) >= 11 is 1.57. The topological polar surface area (TPSA) is 66.7 Å². The van der Waals surface area contributed by atoms with E-state index in [9.17, 15) is 14.9 Å². The summed E-state index contributed by atoms with van der Waals surface area (Å²) in [6.07, 6.45) is 0. The second-order valence-electron chi connectivity index (χ2n) is 6.94. The predicted octanol–water partition coefficient (Wildman–Crippen LogP) is 4.19. The average Bonchev–Trinajstić information content (AvgIpc) is 2.77. The van der Waals surface area contributed by atoms with Crippen LogP contribution in [-0.2, 0) is 4.79 Å². The zero-order valence-electron chi connectivity index (χ0n) is 15.9. The maximum atomic E-state index is 12.6. The number of rotatable bonds is 5. The maximum absolute atomic E-state index is 12.6. The molecular weight excluding hydrogens is 386 g/mol. The number of carbonyl (C=O) groups is 1. The Labute approximate surface area is 173 Å². The van der Waals surface area contributed by atoms with Gasteiger partial charge in [-0.2, -0.15) is 0 Å². The molecule has 0 aliphatic carbocycles. The van der Waals surface area contributed by atoms with Crippen LogP contribution >= 0.6 is 11.8 Å². The number of hydrogen-bond donors (Lipinski definition) is 0. The van der Waals surface area contributed by atoms with Crippen molar-refractivity contribution in [1.82, 2.24) is 4.90 Å². The lowest BCUT2D eigenvalue weighted by atomic mass is 10.1. The molecule has 0 N–H and O–H groups in total. The van der Waals surface area contributed by atoms with E-state index in [2.05, 4.69) is 35.2 Å². The SMILES string of the molecule is O=C(CSc1ccc2ccccc2c1)N1CCN(c2ccc([N+](=O)[O-])cc2)CC1. The van der Waals surface area contributed by atoms with Gasteiger partial charge in [0.05, 0.1) is 10.7 Å². The molecule has 7 heteroatoms. The highest BCUT2D eigenvalue weighted by atomic mass is 32.2. The second-order valence-corrected chi connectivity index (χ2v) is 7.99. The Morgan fingerprint density at radius 3 is 2.31 bits per heavy atom. The minimum Gasteiger partial charge on any atom is -0.368 e. The fraction of sp³-hybridized carbons (Fsp3) is 0.227. The van der Waals surface area contributed by atoms with Crippen molar-refractivity contribution in [3.63, 3.8) is 0 Å². The summed E-state index contributed by atoms with van der Waals surface area (Å²) in [6.45, 7) is 2.77. The molecule has 1 saturated heterocycles. The smallest absolute Gasteiger partial charge is 0.269 e. The van der Waals surface area contributed by atoms with Crippen molar-refractivity contribution < 1.29 is 9.72 Å². The lowest BCUT2D eigenvalue weighted by molar-refractivity contribution is -0.384. The highest BCUT2D eigenvalue weighted by Gasteiger charge is 2.21. The number of amides is 1. The number of carbonyl (C=O) groups excluding carboxylic acids is 1. The molecule has 1 aliphatic heterocycles. The van der Waals surface area contributed by atoms with Crippen molar-refractivity contribution in [1.29, 1.82) is 0 Å². The maximum Gasteiger partial charge on any atom is 0.269 e. The van der Waals surface area contributed by atoms with Gasteiger partial charge in [0, 0.05) is 48.9 Å².